The summed E-state index contributed by atoms with van der Waals surface area (Å²) in [5.41, 5.74) is 6.56. The number of esters is 1. The molecule has 25 heavy (non-hydrogen) atoms. The highest BCUT2D eigenvalue weighted by Crippen LogP contribution is 2.11. The van der Waals surface area contributed by atoms with Crippen molar-refractivity contribution in [1.29, 1.82) is 5.26 Å². The largest absolute Gasteiger partial charge is 0.449 e. The lowest BCUT2D eigenvalue weighted by Gasteiger charge is -2.13. The minimum atomic E-state index is -1.03. The summed E-state index contributed by atoms with van der Waals surface area (Å²) >= 11 is 0. The second-order valence-electron chi connectivity index (χ2n) is 5.17. The number of anilines is 1. The molecule has 3 N–H and O–H groups in total. The van der Waals surface area contributed by atoms with Gasteiger partial charge in [-0.05, 0) is 55.5 Å². The lowest BCUT2D eigenvalue weighted by molar-refractivity contribution is -0.123. The van der Waals surface area contributed by atoms with Gasteiger partial charge in [-0.25, -0.2) is 4.79 Å². The molecule has 0 saturated heterocycles. The number of rotatable bonds is 5. The minimum absolute atomic E-state index is 0.240. The fourth-order valence-electron chi connectivity index (χ4n) is 1.92. The van der Waals surface area contributed by atoms with Crippen LogP contribution in [0.15, 0.2) is 48.5 Å². The van der Waals surface area contributed by atoms with Crippen LogP contribution in [0.3, 0.4) is 0 Å². The smallest absolute Gasteiger partial charge is 0.338 e. The van der Waals surface area contributed by atoms with Crippen molar-refractivity contribution in [3.05, 3.63) is 65.2 Å². The zero-order valence-electron chi connectivity index (χ0n) is 13.4. The van der Waals surface area contributed by atoms with Gasteiger partial charge in [0.1, 0.15) is 0 Å². The number of nitrogens with one attached hydrogen (secondary N) is 1. The van der Waals surface area contributed by atoms with Gasteiger partial charge in [-0.3, -0.25) is 9.59 Å². The van der Waals surface area contributed by atoms with Crippen molar-refractivity contribution in [2.45, 2.75) is 13.0 Å². The van der Waals surface area contributed by atoms with Crippen LogP contribution in [0.5, 0.6) is 0 Å². The van der Waals surface area contributed by atoms with E-state index in [0.29, 0.717) is 16.8 Å². The van der Waals surface area contributed by atoms with Gasteiger partial charge in [0.05, 0.1) is 17.2 Å². The number of nitrogens with zero attached hydrogens (tertiary/aromatic N) is 1. The van der Waals surface area contributed by atoms with Crippen molar-refractivity contribution in [1.82, 2.24) is 0 Å². The molecule has 2 aromatic rings. The van der Waals surface area contributed by atoms with Crippen LogP contribution in [0.25, 0.3) is 0 Å². The van der Waals surface area contributed by atoms with Crippen molar-refractivity contribution in [3.8, 4) is 6.07 Å². The van der Waals surface area contributed by atoms with Crippen LogP contribution in [0.4, 0.5) is 5.69 Å². The van der Waals surface area contributed by atoms with Gasteiger partial charge in [-0.1, -0.05) is 0 Å². The maximum atomic E-state index is 12.1. The molecule has 2 rings (SSSR count). The van der Waals surface area contributed by atoms with Crippen molar-refractivity contribution >= 4 is 23.5 Å². The van der Waals surface area contributed by atoms with Crippen LogP contribution in [0.1, 0.15) is 33.2 Å². The molecule has 0 radical (unpaired) electrons. The zero-order chi connectivity index (χ0) is 18.4. The summed E-state index contributed by atoms with van der Waals surface area (Å²) in [6.45, 7) is 1.44. The summed E-state index contributed by atoms with van der Waals surface area (Å²) in [6.07, 6.45) is -1.03. The predicted molar refractivity (Wildman–Crippen MR) is 89.6 cm³/mol. The van der Waals surface area contributed by atoms with Crippen LogP contribution in [0, 0.1) is 11.3 Å². The molecule has 2 amide bonds. The van der Waals surface area contributed by atoms with E-state index in [1.165, 1.54) is 55.5 Å². The summed E-state index contributed by atoms with van der Waals surface area (Å²) in [7, 11) is 0. The Kier molecular flexibility index (Phi) is 5.48. The molecular formula is C18H15N3O4. The Bertz CT molecular complexity index is 836. The summed E-state index contributed by atoms with van der Waals surface area (Å²) in [6, 6.07) is 13.8. The monoisotopic (exact) mass is 337 g/mol. The van der Waals surface area contributed by atoms with E-state index in [4.69, 9.17) is 15.7 Å². The molecule has 0 fully saturated rings. The molecule has 7 heteroatoms. The van der Waals surface area contributed by atoms with Gasteiger partial charge in [-0.15, -0.1) is 0 Å². The molecule has 0 saturated carbocycles. The second-order valence-corrected chi connectivity index (χ2v) is 5.17. The fraction of sp³-hybridized carbons (Fsp3) is 0.111. The highest BCUT2D eigenvalue weighted by Gasteiger charge is 2.19. The van der Waals surface area contributed by atoms with E-state index in [9.17, 15) is 14.4 Å². The van der Waals surface area contributed by atoms with E-state index >= 15 is 0 Å². The van der Waals surface area contributed by atoms with E-state index < -0.39 is 23.9 Å². The van der Waals surface area contributed by atoms with Gasteiger partial charge in [0.15, 0.2) is 6.10 Å². The van der Waals surface area contributed by atoms with E-state index in [2.05, 4.69) is 5.32 Å². The maximum Gasteiger partial charge on any atom is 0.338 e. The Morgan fingerprint density at radius 1 is 1.04 bits per heavy atom. The molecule has 0 spiro atoms. The number of primary amides is 1. The average molecular weight is 337 g/mol. The Balaban J connectivity index is 1.96. The number of ether oxygens (including phenoxy) is 1. The summed E-state index contributed by atoms with van der Waals surface area (Å²) < 4.78 is 5.10. The number of hydrogen-bond acceptors (Lipinski definition) is 5. The van der Waals surface area contributed by atoms with Gasteiger partial charge >= 0.3 is 5.97 Å². The van der Waals surface area contributed by atoms with Gasteiger partial charge in [0.25, 0.3) is 5.91 Å². The first-order valence-corrected chi connectivity index (χ1v) is 7.32. The number of hydrogen-bond donors (Lipinski definition) is 2. The normalized spacial score (nSPS) is 11.0. The summed E-state index contributed by atoms with van der Waals surface area (Å²) in [5, 5.41) is 11.3. The molecule has 0 unspecified atom stereocenters. The van der Waals surface area contributed by atoms with E-state index in [1.54, 1.807) is 0 Å². The molecule has 0 aromatic heterocycles. The lowest BCUT2D eigenvalue weighted by Crippen LogP contribution is -2.30. The van der Waals surface area contributed by atoms with E-state index in [1.807, 2.05) is 6.07 Å². The Morgan fingerprint density at radius 2 is 1.60 bits per heavy atom. The van der Waals surface area contributed by atoms with Gasteiger partial charge in [-0.2, -0.15) is 5.26 Å². The first-order valence-electron chi connectivity index (χ1n) is 7.32. The third kappa shape index (κ3) is 4.65. The van der Waals surface area contributed by atoms with Gasteiger partial charge < -0.3 is 15.8 Å². The standard InChI is InChI=1S/C18H15N3O4/c1-11(25-18(24)14-4-2-12(10-19)3-5-14)17(23)21-15-8-6-13(7-9-15)16(20)22/h2-9,11H,1H3,(H2,20,22)(H,21,23)/t11-/m0/s1. The van der Waals surface area contributed by atoms with Crippen LogP contribution in [-0.4, -0.2) is 23.9 Å². The van der Waals surface area contributed by atoms with Gasteiger partial charge in [0.2, 0.25) is 5.91 Å². The Hall–Kier alpha value is -3.66. The fourth-order valence-corrected chi connectivity index (χ4v) is 1.92. The molecule has 1 atom stereocenters. The second kappa shape index (κ2) is 7.75. The highest BCUT2D eigenvalue weighted by atomic mass is 16.5. The van der Waals surface area contributed by atoms with E-state index in [0.717, 1.165) is 0 Å². The molecule has 0 aliphatic carbocycles. The van der Waals surface area contributed by atoms with Crippen molar-refractivity contribution in [3.63, 3.8) is 0 Å². The maximum absolute atomic E-state index is 12.1. The van der Waals surface area contributed by atoms with Crippen LogP contribution in [0.2, 0.25) is 0 Å². The molecule has 126 valence electrons. The molecule has 7 nitrogen and oxygen atoms in total. The third-order valence-corrected chi connectivity index (χ3v) is 3.34. The first-order chi connectivity index (χ1) is 11.9. The highest BCUT2D eigenvalue weighted by molar-refractivity contribution is 5.98. The SMILES string of the molecule is C[C@H](OC(=O)c1ccc(C#N)cc1)C(=O)Nc1ccc(C(N)=O)cc1. The number of benzene rings is 2. The van der Waals surface area contributed by atoms with Crippen molar-refractivity contribution in [2.75, 3.05) is 5.32 Å². The molecule has 0 aliphatic rings. The number of carbonyl (C=O) groups excluding carboxylic acids is 3. The lowest BCUT2D eigenvalue weighted by atomic mass is 10.1. The van der Waals surface area contributed by atoms with Gasteiger partial charge in [0, 0.05) is 11.3 Å². The summed E-state index contributed by atoms with van der Waals surface area (Å²) in [5.74, 6) is -1.76. The third-order valence-electron chi connectivity index (χ3n) is 3.34. The van der Waals surface area contributed by atoms with Crippen LogP contribution in [-0.2, 0) is 9.53 Å². The van der Waals surface area contributed by atoms with Crippen molar-refractivity contribution < 1.29 is 19.1 Å². The van der Waals surface area contributed by atoms with Crippen molar-refractivity contribution in [2.24, 2.45) is 5.73 Å². The number of nitrogens with two attached hydrogens (primary N) is 1. The quantitative estimate of drug-likeness (QED) is 0.806. The molecule has 2 aromatic carbocycles. The number of carbonyl (C=O) groups is 3. The molecule has 0 heterocycles. The molecule has 0 bridgehead atoms. The van der Waals surface area contributed by atoms with Crippen LogP contribution < -0.4 is 11.1 Å². The van der Waals surface area contributed by atoms with Crippen LogP contribution >= 0.6 is 0 Å². The Labute approximate surface area is 144 Å². The predicted octanol–water partition coefficient (Wildman–Crippen LogP) is 1.84. The van der Waals surface area contributed by atoms with E-state index in [-0.39, 0.29) is 5.56 Å². The number of nitriles is 1. The zero-order valence-corrected chi connectivity index (χ0v) is 13.4. The minimum Gasteiger partial charge on any atom is -0.449 e. The average Bonchev–Trinajstić information content (AvgIpc) is 2.62. The first kappa shape index (κ1) is 17.7. The number of amides is 2. The molecular weight excluding hydrogens is 322 g/mol. The molecule has 0 aliphatic heterocycles. The Morgan fingerprint density at radius 3 is 2.12 bits per heavy atom. The topological polar surface area (TPSA) is 122 Å². The summed E-state index contributed by atoms with van der Waals surface area (Å²) in [4.78, 5) is 35.1.